The fraction of sp³-hybridized carbons (Fsp3) is 1.00. The van der Waals surface area contributed by atoms with Gasteiger partial charge in [0.1, 0.15) is 0 Å². The van der Waals surface area contributed by atoms with Gasteiger partial charge in [0.15, 0.2) is 0 Å². The number of hydrogen-bond donors (Lipinski definition) is 1. The fourth-order valence-corrected chi connectivity index (χ4v) is 4.19. The van der Waals surface area contributed by atoms with Gasteiger partial charge in [-0.3, -0.25) is 0 Å². The SMILES string of the molecule is CCC1CCCN(S(=O)(=O)C(CC)CN)C1. The second-order valence-corrected chi connectivity index (χ2v) is 6.80. The van der Waals surface area contributed by atoms with Crippen molar-refractivity contribution in [3.05, 3.63) is 0 Å². The van der Waals surface area contributed by atoms with Crippen LogP contribution in [-0.2, 0) is 10.0 Å². The molecular formula is C11H24N2O2S. The van der Waals surface area contributed by atoms with E-state index in [1.807, 2.05) is 6.92 Å². The number of piperidine rings is 1. The molecule has 2 unspecified atom stereocenters. The molecule has 4 nitrogen and oxygen atoms in total. The van der Waals surface area contributed by atoms with E-state index in [1.165, 1.54) is 0 Å². The molecule has 0 spiro atoms. The molecule has 1 aliphatic rings. The summed E-state index contributed by atoms with van der Waals surface area (Å²) >= 11 is 0. The fourth-order valence-electron chi connectivity index (χ4n) is 2.30. The van der Waals surface area contributed by atoms with Crippen molar-refractivity contribution in [3.63, 3.8) is 0 Å². The Hall–Kier alpha value is -0.130. The molecule has 0 aliphatic carbocycles. The quantitative estimate of drug-likeness (QED) is 0.794. The number of nitrogens with two attached hydrogens (primary N) is 1. The van der Waals surface area contributed by atoms with Crippen LogP contribution in [-0.4, -0.2) is 37.6 Å². The minimum atomic E-state index is -3.16. The Morgan fingerprint density at radius 1 is 1.44 bits per heavy atom. The molecule has 0 radical (unpaired) electrons. The lowest BCUT2D eigenvalue weighted by atomic mass is 9.97. The molecule has 0 aromatic carbocycles. The maximum atomic E-state index is 12.3. The van der Waals surface area contributed by atoms with Crippen molar-refractivity contribution < 1.29 is 8.42 Å². The van der Waals surface area contributed by atoms with Gasteiger partial charge in [-0.25, -0.2) is 12.7 Å². The van der Waals surface area contributed by atoms with E-state index in [-0.39, 0.29) is 6.54 Å². The highest BCUT2D eigenvalue weighted by atomic mass is 32.2. The van der Waals surface area contributed by atoms with E-state index in [9.17, 15) is 8.42 Å². The summed E-state index contributed by atoms with van der Waals surface area (Å²) in [6, 6.07) is 0. The predicted octanol–water partition coefficient (Wildman–Crippen LogP) is 1.18. The second kappa shape index (κ2) is 5.98. The van der Waals surface area contributed by atoms with E-state index >= 15 is 0 Å². The van der Waals surface area contributed by atoms with Crippen molar-refractivity contribution in [2.24, 2.45) is 11.7 Å². The molecule has 0 aromatic rings. The lowest BCUT2D eigenvalue weighted by Crippen LogP contribution is -2.46. The lowest BCUT2D eigenvalue weighted by Gasteiger charge is -2.33. The molecular weight excluding hydrogens is 224 g/mol. The molecule has 1 aliphatic heterocycles. The van der Waals surface area contributed by atoms with E-state index in [1.54, 1.807) is 4.31 Å². The molecule has 1 fully saturated rings. The smallest absolute Gasteiger partial charge is 0.218 e. The first-order valence-electron chi connectivity index (χ1n) is 6.25. The third-order valence-electron chi connectivity index (χ3n) is 3.56. The number of rotatable bonds is 5. The van der Waals surface area contributed by atoms with Crippen LogP contribution in [0.25, 0.3) is 0 Å². The molecule has 1 saturated heterocycles. The van der Waals surface area contributed by atoms with E-state index < -0.39 is 15.3 Å². The van der Waals surface area contributed by atoms with Crippen molar-refractivity contribution in [1.29, 1.82) is 0 Å². The van der Waals surface area contributed by atoms with E-state index in [0.29, 0.717) is 25.4 Å². The summed E-state index contributed by atoms with van der Waals surface area (Å²) < 4.78 is 26.2. The standard InChI is InChI=1S/C11H24N2O2S/c1-3-10-6-5-7-13(9-10)16(14,15)11(4-2)8-12/h10-11H,3-9,12H2,1-2H3. The summed E-state index contributed by atoms with van der Waals surface area (Å²) in [5.74, 6) is 0.527. The van der Waals surface area contributed by atoms with E-state index in [0.717, 1.165) is 19.3 Å². The van der Waals surface area contributed by atoms with Gasteiger partial charge in [-0.15, -0.1) is 0 Å². The largest absolute Gasteiger partial charge is 0.329 e. The van der Waals surface area contributed by atoms with Gasteiger partial charge in [-0.05, 0) is 25.2 Å². The van der Waals surface area contributed by atoms with E-state index in [4.69, 9.17) is 5.73 Å². The van der Waals surface area contributed by atoms with Gasteiger partial charge in [0.25, 0.3) is 0 Å². The highest BCUT2D eigenvalue weighted by Gasteiger charge is 2.32. The molecule has 0 bridgehead atoms. The van der Waals surface area contributed by atoms with Gasteiger partial charge in [0.2, 0.25) is 10.0 Å². The van der Waals surface area contributed by atoms with Crippen molar-refractivity contribution in [3.8, 4) is 0 Å². The van der Waals surface area contributed by atoms with Crippen LogP contribution in [0.3, 0.4) is 0 Å². The Morgan fingerprint density at radius 2 is 2.12 bits per heavy atom. The summed E-state index contributed by atoms with van der Waals surface area (Å²) in [7, 11) is -3.16. The summed E-state index contributed by atoms with van der Waals surface area (Å²) in [4.78, 5) is 0. The van der Waals surface area contributed by atoms with Crippen LogP contribution in [0.4, 0.5) is 0 Å². The normalized spacial score (nSPS) is 25.6. The van der Waals surface area contributed by atoms with E-state index in [2.05, 4.69) is 6.92 Å². The first-order valence-corrected chi connectivity index (χ1v) is 7.75. The molecule has 0 amide bonds. The Bertz CT molecular complexity index is 299. The van der Waals surface area contributed by atoms with Gasteiger partial charge in [0, 0.05) is 19.6 Å². The monoisotopic (exact) mass is 248 g/mol. The van der Waals surface area contributed by atoms with Crippen molar-refractivity contribution in [2.45, 2.75) is 44.8 Å². The summed E-state index contributed by atoms with van der Waals surface area (Å²) in [6.45, 7) is 5.61. The second-order valence-electron chi connectivity index (χ2n) is 4.59. The Balaban J connectivity index is 2.75. The van der Waals surface area contributed by atoms with Gasteiger partial charge in [-0.1, -0.05) is 20.3 Å². The van der Waals surface area contributed by atoms with Crippen LogP contribution >= 0.6 is 0 Å². The number of nitrogens with zero attached hydrogens (tertiary/aromatic N) is 1. The predicted molar refractivity (Wildman–Crippen MR) is 66.6 cm³/mol. The van der Waals surface area contributed by atoms with Gasteiger partial charge in [-0.2, -0.15) is 0 Å². The topological polar surface area (TPSA) is 63.4 Å². The maximum absolute atomic E-state index is 12.3. The van der Waals surface area contributed by atoms with Crippen molar-refractivity contribution in [1.82, 2.24) is 4.31 Å². The molecule has 1 rings (SSSR count). The highest BCUT2D eigenvalue weighted by Crippen LogP contribution is 2.23. The molecule has 16 heavy (non-hydrogen) atoms. The zero-order chi connectivity index (χ0) is 12.2. The summed E-state index contributed by atoms with van der Waals surface area (Å²) in [6.07, 6.45) is 3.80. The molecule has 2 N–H and O–H groups in total. The molecule has 96 valence electrons. The van der Waals surface area contributed by atoms with Gasteiger partial charge in [0.05, 0.1) is 5.25 Å². The first-order chi connectivity index (χ1) is 7.56. The van der Waals surface area contributed by atoms with Crippen LogP contribution in [0.1, 0.15) is 39.5 Å². The van der Waals surface area contributed by atoms with Crippen LogP contribution < -0.4 is 5.73 Å². The molecule has 5 heteroatoms. The average molecular weight is 248 g/mol. The third-order valence-corrected chi connectivity index (χ3v) is 5.98. The van der Waals surface area contributed by atoms with Crippen LogP contribution in [0.5, 0.6) is 0 Å². The lowest BCUT2D eigenvalue weighted by molar-refractivity contribution is 0.259. The minimum absolute atomic E-state index is 0.228. The highest BCUT2D eigenvalue weighted by molar-refractivity contribution is 7.89. The van der Waals surface area contributed by atoms with Gasteiger partial charge < -0.3 is 5.73 Å². The minimum Gasteiger partial charge on any atom is -0.329 e. The molecule has 0 aromatic heterocycles. The number of hydrogen-bond acceptors (Lipinski definition) is 3. The van der Waals surface area contributed by atoms with Crippen LogP contribution in [0, 0.1) is 5.92 Å². The average Bonchev–Trinajstić information content (AvgIpc) is 2.30. The van der Waals surface area contributed by atoms with Crippen molar-refractivity contribution in [2.75, 3.05) is 19.6 Å². The third kappa shape index (κ3) is 2.96. The molecule has 2 atom stereocenters. The zero-order valence-corrected chi connectivity index (χ0v) is 11.2. The molecule has 0 saturated carbocycles. The first kappa shape index (κ1) is 13.9. The Morgan fingerprint density at radius 3 is 2.62 bits per heavy atom. The maximum Gasteiger partial charge on any atom is 0.218 e. The Kier molecular flexibility index (Phi) is 5.21. The Labute approximate surface area is 99.2 Å². The zero-order valence-electron chi connectivity index (χ0n) is 10.4. The van der Waals surface area contributed by atoms with Crippen molar-refractivity contribution >= 4 is 10.0 Å². The molecule has 1 heterocycles. The van der Waals surface area contributed by atoms with Gasteiger partial charge >= 0.3 is 0 Å². The van der Waals surface area contributed by atoms with Crippen LogP contribution in [0.15, 0.2) is 0 Å². The summed E-state index contributed by atoms with van der Waals surface area (Å²) in [5.41, 5.74) is 5.54. The number of sulfonamides is 1. The summed E-state index contributed by atoms with van der Waals surface area (Å²) in [5, 5.41) is -0.400. The van der Waals surface area contributed by atoms with Crippen LogP contribution in [0.2, 0.25) is 0 Å².